The Kier molecular flexibility index (Phi) is 5.28. The minimum atomic E-state index is -0.388. The lowest BCUT2D eigenvalue weighted by atomic mass is 9.94. The highest BCUT2D eigenvalue weighted by molar-refractivity contribution is 5.88. The van der Waals surface area contributed by atoms with Gasteiger partial charge >= 0.3 is 0 Å². The van der Waals surface area contributed by atoms with Crippen molar-refractivity contribution < 1.29 is 4.79 Å². The number of aromatic nitrogens is 2. The van der Waals surface area contributed by atoms with Gasteiger partial charge in [-0.1, -0.05) is 26.0 Å². The molecule has 2 heterocycles. The van der Waals surface area contributed by atoms with Crippen LogP contribution in [0.1, 0.15) is 49.3 Å². The zero-order valence-corrected chi connectivity index (χ0v) is 14.8. The van der Waals surface area contributed by atoms with Gasteiger partial charge in [0.05, 0.1) is 17.7 Å². The molecule has 0 aliphatic carbocycles. The zero-order chi connectivity index (χ0) is 18.5. The molecule has 6 nitrogen and oxygen atoms in total. The van der Waals surface area contributed by atoms with E-state index in [1.54, 1.807) is 6.20 Å². The molecule has 1 aliphatic rings. The Morgan fingerprint density at radius 2 is 2.04 bits per heavy atom. The van der Waals surface area contributed by atoms with E-state index in [1.165, 1.54) is 6.08 Å². The highest BCUT2D eigenvalue weighted by Crippen LogP contribution is 2.35. The number of benzene rings is 1. The van der Waals surface area contributed by atoms with Gasteiger partial charge in [0.15, 0.2) is 0 Å². The van der Waals surface area contributed by atoms with Crippen molar-refractivity contribution in [3.63, 3.8) is 0 Å². The third-order valence-corrected chi connectivity index (χ3v) is 4.33. The van der Waals surface area contributed by atoms with E-state index in [-0.39, 0.29) is 18.1 Å². The van der Waals surface area contributed by atoms with E-state index in [2.05, 4.69) is 40.3 Å². The Balaban J connectivity index is 2.00. The van der Waals surface area contributed by atoms with Crippen molar-refractivity contribution >= 4 is 5.91 Å². The van der Waals surface area contributed by atoms with Gasteiger partial charge in [0.1, 0.15) is 11.9 Å². The number of rotatable bonds is 5. The summed E-state index contributed by atoms with van der Waals surface area (Å²) in [5, 5.41) is 20.2. The van der Waals surface area contributed by atoms with E-state index in [0.29, 0.717) is 17.2 Å². The van der Waals surface area contributed by atoms with Crippen LogP contribution in [-0.2, 0) is 4.79 Å². The number of nitrogens with one attached hydrogen (secondary N) is 1. The molecule has 2 aromatic rings. The van der Waals surface area contributed by atoms with E-state index in [1.807, 2.05) is 42.6 Å². The first-order chi connectivity index (χ1) is 12.6. The number of hydrogen-bond acceptors (Lipinski definition) is 5. The molecule has 3 rings (SSSR count). The van der Waals surface area contributed by atoms with Crippen LogP contribution in [0.4, 0.5) is 0 Å². The lowest BCUT2D eigenvalue weighted by Gasteiger charge is -2.40. The van der Waals surface area contributed by atoms with Gasteiger partial charge in [0.25, 0.3) is 0 Å². The largest absolute Gasteiger partial charge is 0.345 e. The third kappa shape index (κ3) is 3.89. The zero-order valence-electron chi connectivity index (χ0n) is 14.8. The number of carbonyl (C=O) groups is 1. The third-order valence-electron chi connectivity index (χ3n) is 4.33. The SMILES string of the molecule is CC(C)C[C@@H](c1ccc(C#N)cc1)N1C=CC(=O)NC1c1cccnn1. The molecule has 1 unspecified atom stereocenters. The second kappa shape index (κ2) is 7.79. The Bertz CT molecular complexity index is 824. The smallest absolute Gasteiger partial charge is 0.247 e. The molecule has 0 saturated heterocycles. The fourth-order valence-electron chi connectivity index (χ4n) is 3.12. The summed E-state index contributed by atoms with van der Waals surface area (Å²) >= 11 is 0. The second-order valence-electron chi connectivity index (χ2n) is 6.70. The van der Waals surface area contributed by atoms with Crippen molar-refractivity contribution in [1.82, 2.24) is 20.4 Å². The molecule has 1 aromatic heterocycles. The van der Waals surface area contributed by atoms with Crippen LogP contribution in [0.5, 0.6) is 0 Å². The summed E-state index contributed by atoms with van der Waals surface area (Å²) in [6.45, 7) is 4.33. The van der Waals surface area contributed by atoms with Gasteiger partial charge in [-0.3, -0.25) is 4.79 Å². The molecule has 0 bridgehead atoms. The average molecular weight is 347 g/mol. The van der Waals surface area contributed by atoms with Crippen LogP contribution in [0.2, 0.25) is 0 Å². The standard InChI is InChI=1S/C20H21N5O/c1-14(2)12-18(16-7-5-15(13-21)6-8-16)25-11-9-19(26)23-20(25)17-4-3-10-22-24-17/h3-11,14,18,20H,12H2,1-2H3,(H,23,26)/t18-,20?/m0/s1. The highest BCUT2D eigenvalue weighted by Gasteiger charge is 2.31. The maximum atomic E-state index is 11.9. The monoisotopic (exact) mass is 347 g/mol. The molecular formula is C20H21N5O. The first-order valence-corrected chi connectivity index (χ1v) is 8.62. The van der Waals surface area contributed by atoms with Crippen LogP contribution < -0.4 is 5.32 Å². The molecule has 132 valence electrons. The first-order valence-electron chi connectivity index (χ1n) is 8.62. The molecule has 0 spiro atoms. The molecule has 6 heteroatoms. The summed E-state index contributed by atoms with van der Waals surface area (Å²) in [7, 11) is 0. The summed E-state index contributed by atoms with van der Waals surface area (Å²) in [6.07, 6.45) is 5.47. The van der Waals surface area contributed by atoms with E-state index < -0.39 is 0 Å². The van der Waals surface area contributed by atoms with Crippen molar-refractivity contribution in [3.8, 4) is 6.07 Å². The van der Waals surface area contributed by atoms with Crippen molar-refractivity contribution in [2.75, 3.05) is 0 Å². The summed E-state index contributed by atoms with van der Waals surface area (Å²) in [5.41, 5.74) is 2.41. The van der Waals surface area contributed by atoms with E-state index in [4.69, 9.17) is 5.26 Å². The minimum absolute atomic E-state index is 0.0339. The van der Waals surface area contributed by atoms with Crippen LogP contribution in [-0.4, -0.2) is 21.0 Å². The molecule has 26 heavy (non-hydrogen) atoms. The molecule has 1 N–H and O–H groups in total. The fourth-order valence-corrected chi connectivity index (χ4v) is 3.12. The molecule has 0 radical (unpaired) electrons. The van der Waals surface area contributed by atoms with E-state index in [0.717, 1.165) is 12.0 Å². The number of hydrogen-bond donors (Lipinski definition) is 1. The van der Waals surface area contributed by atoms with Gasteiger partial charge in [-0.25, -0.2) is 0 Å². The molecule has 1 aromatic carbocycles. The van der Waals surface area contributed by atoms with Crippen LogP contribution >= 0.6 is 0 Å². The molecule has 0 saturated carbocycles. The normalized spacial score (nSPS) is 17.7. The van der Waals surface area contributed by atoms with Gasteiger partial charge in [-0.2, -0.15) is 15.5 Å². The number of nitrogens with zero attached hydrogens (tertiary/aromatic N) is 4. The van der Waals surface area contributed by atoms with Crippen LogP contribution in [0.3, 0.4) is 0 Å². The van der Waals surface area contributed by atoms with Crippen molar-refractivity contribution in [2.45, 2.75) is 32.5 Å². The lowest BCUT2D eigenvalue weighted by molar-refractivity contribution is -0.119. The van der Waals surface area contributed by atoms with Gasteiger partial charge in [0, 0.05) is 18.5 Å². The predicted octanol–water partition coefficient (Wildman–Crippen LogP) is 3.08. The van der Waals surface area contributed by atoms with Crippen molar-refractivity contribution in [2.24, 2.45) is 5.92 Å². The van der Waals surface area contributed by atoms with Gasteiger partial charge in [-0.15, -0.1) is 0 Å². The Morgan fingerprint density at radius 1 is 1.27 bits per heavy atom. The maximum Gasteiger partial charge on any atom is 0.247 e. The summed E-state index contributed by atoms with van der Waals surface area (Å²) in [4.78, 5) is 14.1. The molecular weight excluding hydrogens is 326 g/mol. The van der Waals surface area contributed by atoms with Crippen LogP contribution in [0.15, 0.2) is 54.9 Å². The number of carbonyl (C=O) groups excluding carboxylic acids is 1. The maximum absolute atomic E-state index is 11.9. The Labute approximate surface area is 153 Å². The second-order valence-corrected chi connectivity index (χ2v) is 6.70. The molecule has 1 aliphatic heterocycles. The van der Waals surface area contributed by atoms with Crippen molar-refractivity contribution in [3.05, 3.63) is 71.7 Å². The number of amides is 1. The van der Waals surface area contributed by atoms with Gasteiger partial charge in [-0.05, 0) is 42.2 Å². The lowest BCUT2D eigenvalue weighted by Crippen LogP contribution is -2.44. The van der Waals surface area contributed by atoms with E-state index in [9.17, 15) is 4.79 Å². The fraction of sp³-hybridized carbons (Fsp3) is 0.300. The van der Waals surface area contributed by atoms with E-state index >= 15 is 0 Å². The summed E-state index contributed by atoms with van der Waals surface area (Å²) < 4.78 is 0. The molecule has 0 fully saturated rings. The average Bonchev–Trinajstić information content (AvgIpc) is 2.67. The quantitative estimate of drug-likeness (QED) is 0.899. The van der Waals surface area contributed by atoms with Gasteiger partial charge < -0.3 is 10.2 Å². The molecule has 2 atom stereocenters. The predicted molar refractivity (Wildman–Crippen MR) is 97.2 cm³/mol. The Hall–Kier alpha value is -3.20. The topological polar surface area (TPSA) is 81.9 Å². The molecule has 1 amide bonds. The summed E-state index contributed by atoms with van der Waals surface area (Å²) in [5.74, 6) is 0.296. The van der Waals surface area contributed by atoms with Crippen LogP contribution in [0, 0.1) is 17.2 Å². The first kappa shape index (κ1) is 17.6. The van der Waals surface area contributed by atoms with Gasteiger partial charge in [0.2, 0.25) is 5.91 Å². The minimum Gasteiger partial charge on any atom is -0.345 e. The summed E-state index contributed by atoms with van der Waals surface area (Å²) in [6, 6.07) is 13.5. The number of nitriles is 1. The highest BCUT2D eigenvalue weighted by atomic mass is 16.1. The van der Waals surface area contributed by atoms with Crippen LogP contribution in [0.25, 0.3) is 0 Å². The van der Waals surface area contributed by atoms with Crippen molar-refractivity contribution in [1.29, 1.82) is 5.26 Å². The Morgan fingerprint density at radius 3 is 2.65 bits per heavy atom.